The monoisotopic (exact) mass is 414 g/mol. The van der Waals surface area contributed by atoms with Crippen LogP contribution in [0.5, 0.6) is 0 Å². The van der Waals surface area contributed by atoms with Gasteiger partial charge in [0.25, 0.3) is 17.5 Å². The lowest BCUT2D eigenvalue weighted by Gasteiger charge is -2.03. The smallest absolute Gasteiger partial charge is 0.322 e. The molecule has 2 aromatic carbocycles. The second-order valence-corrected chi connectivity index (χ2v) is 7.84. The Bertz CT molecular complexity index is 1200. The number of sulfone groups is 1. The highest BCUT2D eigenvalue weighted by molar-refractivity contribution is 7.90. The van der Waals surface area contributed by atoms with Crippen molar-refractivity contribution in [3.8, 4) is 11.5 Å². The number of nitro benzene ring substituents is 1. The Balaban J connectivity index is 1.72. The van der Waals surface area contributed by atoms with Gasteiger partial charge in [0.1, 0.15) is 0 Å². The number of anilines is 1. The summed E-state index contributed by atoms with van der Waals surface area (Å²) >= 11 is 0. The van der Waals surface area contributed by atoms with E-state index in [1.54, 1.807) is 12.1 Å². The van der Waals surface area contributed by atoms with E-state index in [9.17, 15) is 23.3 Å². The number of hydrogen-bond donors (Lipinski definition) is 1. The number of nitrogens with zero attached hydrogens (tertiary/aromatic N) is 3. The quantitative estimate of drug-likeness (QED) is 0.368. The number of hydrogen-bond acceptors (Lipinski definition) is 8. The molecule has 0 radical (unpaired) electrons. The van der Waals surface area contributed by atoms with Crippen molar-refractivity contribution in [1.82, 2.24) is 10.2 Å². The molecule has 1 amide bonds. The Morgan fingerprint density at radius 1 is 1.14 bits per heavy atom. The van der Waals surface area contributed by atoms with Crippen molar-refractivity contribution in [3.63, 3.8) is 0 Å². The molecule has 0 aliphatic rings. The van der Waals surface area contributed by atoms with Crippen LogP contribution in [0.1, 0.15) is 5.56 Å². The van der Waals surface area contributed by atoms with Gasteiger partial charge in [-0.15, -0.1) is 5.10 Å². The topological polar surface area (TPSA) is 145 Å². The highest BCUT2D eigenvalue weighted by Gasteiger charge is 2.19. The van der Waals surface area contributed by atoms with Crippen molar-refractivity contribution in [2.24, 2.45) is 0 Å². The third kappa shape index (κ3) is 4.90. The van der Waals surface area contributed by atoms with Gasteiger partial charge in [-0.3, -0.25) is 20.2 Å². The van der Waals surface area contributed by atoms with Crippen LogP contribution in [0.2, 0.25) is 0 Å². The molecule has 0 aliphatic heterocycles. The van der Waals surface area contributed by atoms with Gasteiger partial charge in [-0.2, -0.15) is 0 Å². The summed E-state index contributed by atoms with van der Waals surface area (Å²) in [6, 6.07) is 11.6. The Morgan fingerprint density at radius 2 is 1.83 bits per heavy atom. The van der Waals surface area contributed by atoms with Gasteiger partial charge in [0.2, 0.25) is 0 Å². The number of amides is 1. The van der Waals surface area contributed by atoms with Crippen LogP contribution in [0.25, 0.3) is 17.5 Å². The minimum atomic E-state index is -3.51. The maximum atomic E-state index is 12.0. The van der Waals surface area contributed by atoms with Gasteiger partial charge in [0, 0.05) is 24.5 Å². The van der Waals surface area contributed by atoms with Crippen LogP contribution in [-0.2, 0) is 14.6 Å². The summed E-state index contributed by atoms with van der Waals surface area (Å²) in [5, 5.41) is 20.5. The van der Waals surface area contributed by atoms with Crippen molar-refractivity contribution in [2.45, 2.75) is 4.90 Å². The lowest BCUT2D eigenvalue weighted by Crippen LogP contribution is -2.07. The molecule has 0 unspecified atom stereocenters. The van der Waals surface area contributed by atoms with E-state index in [1.165, 1.54) is 48.6 Å². The van der Waals surface area contributed by atoms with Crippen LogP contribution in [0.4, 0.5) is 11.7 Å². The number of non-ortho nitro benzene ring substituents is 1. The first-order valence-electron chi connectivity index (χ1n) is 8.10. The molecular formula is C18H14N4O6S. The first-order valence-corrected chi connectivity index (χ1v) is 9.99. The molecule has 10 nitrogen and oxygen atoms in total. The minimum absolute atomic E-state index is 0.0274. The summed E-state index contributed by atoms with van der Waals surface area (Å²) < 4.78 is 29.1. The summed E-state index contributed by atoms with van der Waals surface area (Å²) in [5.41, 5.74) is 0.753. The van der Waals surface area contributed by atoms with E-state index in [1.807, 2.05) is 0 Å². The van der Waals surface area contributed by atoms with Crippen molar-refractivity contribution >= 4 is 33.5 Å². The highest BCUT2D eigenvalue weighted by atomic mass is 32.2. The summed E-state index contributed by atoms with van der Waals surface area (Å²) in [6.07, 6.45) is 3.71. The molecule has 148 valence electrons. The number of nitrogens with one attached hydrogen (secondary N) is 1. The standard InChI is InChI=1S/C18H14N4O6S/c1-29(26,27)15-5-3-2-4-14(15)17-20-21-18(28-17)19-16(23)11-8-12-6-9-13(10-7-12)22(24)25/h2-11H,1H3,(H,19,21,23)/b11-8-. The van der Waals surface area contributed by atoms with Gasteiger partial charge >= 0.3 is 6.01 Å². The number of carbonyl (C=O) groups excluding carboxylic acids is 1. The SMILES string of the molecule is CS(=O)(=O)c1ccccc1-c1nnc(NC(=O)/C=C\c2ccc([N+](=O)[O-])cc2)o1. The van der Waals surface area contributed by atoms with Crippen LogP contribution in [-0.4, -0.2) is 35.7 Å². The largest absolute Gasteiger partial charge is 0.403 e. The second-order valence-electron chi connectivity index (χ2n) is 5.85. The number of aromatic nitrogens is 2. The number of nitro groups is 1. The van der Waals surface area contributed by atoms with Gasteiger partial charge in [-0.25, -0.2) is 8.42 Å². The molecule has 0 fully saturated rings. The van der Waals surface area contributed by atoms with Gasteiger partial charge in [0.05, 0.1) is 15.4 Å². The van der Waals surface area contributed by atoms with Gasteiger partial charge < -0.3 is 4.42 Å². The lowest BCUT2D eigenvalue weighted by molar-refractivity contribution is -0.384. The van der Waals surface area contributed by atoms with E-state index < -0.39 is 20.7 Å². The van der Waals surface area contributed by atoms with Crippen molar-refractivity contribution in [2.75, 3.05) is 11.6 Å². The molecule has 1 aromatic heterocycles. The average Bonchev–Trinajstić information content (AvgIpc) is 3.14. The first-order chi connectivity index (χ1) is 13.7. The van der Waals surface area contributed by atoms with Crippen molar-refractivity contribution in [3.05, 3.63) is 70.3 Å². The molecule has 0 atom stereocenters. The van der Waals surface area contributed by atoms with Gasteiger partial charge in [-0.05, 0) is 35.9 Å². The Labute approximate surface area is 165 Å². The molecular weight excluding hydrogens is 400 g/mol. The van der Waals surface area contributed by atoms with Crippen LogP contribution < -0.4 is 5.32 Å². The Morgan fingerprint density at radius 3 is 2.48 bits per heavy atom. The summed E-state index contributed by atoms with van der Waals surface area (Å²) in [5.74, 6) is -0.629. The Kier molecular flexibility index (Phi) is 5.50. The fraction of sp³-hybridized carbons (Fsp3) is 0.0556. The predicted octanol–water partition coefficient (Wildman–Crippen LogP) is 2.70. The maximum absolute atomic E-state index is 12.0. The molecule has 0 saturated heterocycles. The zero-order valence-electron chi connectivity index (χ0n) is 15.0. The zero-order chi connectivity index (χ0) is 21.0. The Hall–Kier alpha value is -3.86. The first kappa shape index (κ1) is 19.9. The molecule has 1 N–H and O–H groups in total. The lowest BCUT2D eigenvalue weighted by atomic mass is 10.2. The van der Waals surface area contributed by atoms with E-state index in [-0.39, 0.29) is 28.1 Å². The molecule has 29 heavy (non-hydrogen) atoms. The van der Waals surface area contributed by atoms with E-state index in [0.717, 1.165) is 6.26 Å². The summed E-state index contributed by atoms with van der Waals surface area (Å²) in [4.78, 5) is 22.1. The molecule has 11 heteroatoms. The second kappa shape index (κ2) is 8.02. The summed E-state index contributed by atoms with van der Waals surface area (Å²) in [6.45, 7) is 0. The average molecular weight is 414 g/mol. The fourth-order valence-corrected chi connectivity index (χ4v) is 3.26. The molecule has 0 aliphatic carbocycles. The number of carbonyl (C=O) groups is 1. The predicted molar refractivity (Wildman–Crippen MR) is 104 cm³/mol. The number of benzene rings is 2. The van der Waals surface area contributed by atoms with Crippen LogP contribution in [0.15, 0.2) is 63.9 Å². The van der Waals surface area contributed by atoms with Gasteiger partial charge in [0.15, 0.2) is 9.84 Å². The molecule has 0 saturated carbocycles. The third-order valence-corrected chi connectivity index (χ3v) is 4.86. The van der Waals surface area contributed by atoms with E-state index in [4.69, 9.17) is 4.42 Å². The third-order valence-electron chi connectivity index (χ3n) is 3.70. The van der Waals surface area contributed by atoms with E-state index in [0.29, 0.717) is 5.56 Å². The number of rotatable bonds is 6. The van der Waals surface area contributed by atoms with Gasteiger partial charge in [-0.1, -0.05) is 17.2 Å². The van der Waals surface area contributed by atoms with E-state index >= 15 is 0 Å². The minimum Gasteiger partial charge on any atom is -0.403 e. The maximum Gasteiger partial charge on any atom is 0.322 e. The van der Waals surface area contributed by atoms with Crippen LogP contribution >= 0.6 is 0 Å². The van der Waals surface area contributed by atoms with E-state index in [2.05, 4.69) is 15.5 Å². The fourth-order valence-electron chi connectivity index (χ4n) is 2.38. The molecule has 1 heterocycles. The normalized spacial score (nSPS) is 11.5. The van der Waals surface area contributed by atoms with Crippen LogP contribution in [0.3, 0.4) is 0 Å². The molecule has 3 aromatic rings. The zero-order valence-corrected chi connectivity index (χ0v) is 15.8. The van der Waals surface area contributed by atoms with Crippen LogP contribution in [0, 0.1) is 10.1 Å². The highest BCUT2D eigenvalue weighted by Crippen LogP contribution is 2.27. The molecule has 0 spiro atoms. The van der Waals surface area contributed by atoms with Crippen molar-refractivity contribution in [1.29, 1.82) is 0 Å². The molecule has 3 rings (SSSR count). The molecule has 0 bridgehead atoms. The summed E-state index contributed by atoms with van der Waals surface area (Å²) in [7, 11) is -3.51. The van der Waals surface area contributed by atoms with Crippen molar-refractivity contribution < 1.29 is 22.6 Å².